The molecule has 0 bridgehead atoms. The van der Waals surface area contributed by atoms with Crippen molar-refractivity contribution in [3.63, 3.8) is 0 Å². The van der Waals surface area contributed by atoms with E-state index in [1.165, 1.54) is 0 Å². The average Bonchev–Trinajstić information content (AvgIpc) is 2.30. The first-order valence-electron chi connectivity index (χ1n) is 5.70. The fourth-order valence-corrected chi connectivity index (χ4v) is 1.32. The van der Waals surface area contributed by atoms with Crippen molar-refractivity contribution in [3.05, 3.63) is 18.2 Å². The monoisotopic (exact) mass is 236 g/mol. The molecule has 4 heteroatoms. The molecular weight excluding hydrogens is 216 g/mol. The van der Waals surface area contributed by atoms with Gasteiger partial charge in [-0.1, -0.05) is 20.8 Å². The van der Waals surface area contributed by atoms with Crippen molar-refractivity contribution in [3.8, 4) is 5.75 Å². The molecule has 0 aliphatic carbocycles. The first kappa shape index (κ1) is 13.4. The van der Waals surface area contributed by atoms with Crippen molar-refractivity contribution in [2.75, 3.05) is 18.2 Å². The van der Waals surface area contributed by atoms with E-state index in [9.17, 15) is 4.79 Å². The van der Waals surface area contributed by atoms with E-state index in [0.29, 0.717) is 23.0 Å². The van der Waals surface area contributed by atoms with Gasteiger partial charge in [0.25, 0.3) is 0 Å². The van der Waals surface area contributed by atoms with Crippen molar-refractivity contribution >= 4 is 17.3 Å². The quantitative estimate of drug-likeness (QED) is 0.789. The van der Waals surface area contributed by atoms with Crippen molar-refractivity contribution in [1.29, 1.82) is 0 Å². The Kier molecular flexibility index (Phi) is 4.37. The smallest absolute Gasteiger partial charge is 0.227 e. The molecule has 0 heterocycles. The maximum atomic E-state index is 11.9. The predicted molar refractivity (Wildman–Crippen MR) is 70.0 cm³/mol. The third-order valence-corrected chi connectivity index (χ3v) is 2.93. The summed E-state index contributed by atoms with van der Waals surface area (Å²) in [5.74, 6) is 0.883. The number of nitrogens with two attached hydrogens (primary N) is 1. The van der Waals surface area contributed by atoms with Crippen LogP contribution in [0.25, 0.3) is 0 Å². The molecule has 1 unspecified atom stereocenters. The summed E-state index contributed by atoms with van der Waals surface area (Å²) in [6.45, 7) is 5.93. The lowest BCUT2D eigenvalue weighted by Crippen LogP contribution is -2.24. The van der Waals surface area contributed by atoms with Gasteiger partial charge in [0.05, 0.1) is 18.5 Å². The molecule has 0 saturated carbocycles. The normalized spacial score (nSPS) is 12.3. The van der Waals surface area contributed by atoms with Crippen LogP contribution in [-0.4, -0.2) is 13.0 Å². The number of nitrogens with one attached hydrogen (secondary N) is 1. The summed E-state index contributed by atoms with van der Waals surface area (Å²) in [5.41, 5.74) is 6.93. The summed E-state index contributed by atoms with van der Waals surface area (Å²) in [4.78, 5) is 11.9. The second kappa shape index (κ2) is 5.57. The molecule has 4 nitrogen and oxygen atoms in total. The molecule has 0 saturated heterocycles. The standard InChI is InChI=1S/C13H20N2O2/c1-8(2)9(3)13(16)15-12-7-10(17-4)5-6-11(12)14/h5-9H,14H2,1-4H3,(H,15,16). The third-order valence-electron chi connectivity index (χ3n) is 2.93. The maximum absolute atomic E-state index is 11.9. The summed E-state index contributed by atoms with van der Waals surface area (Å²) in [7, 11) is 1.58. The number of hydrogen-bond acceptors (Lipinski definition) is 3. The second-order valence-corrected chi connectivity index (χ2v) is 4.48. The first-order valence-corrected chi connectivity index (χ1v) is 5.70. The lowest BCUT2D eigenvalue weighted by Gasteiger charge is -2.16. The lowest BCUT2D eigenvalue weighted by atomic mass is 9.97. The number of methoxy groups -OCH3 is 1. The minimum absolute atomic E-state index is 0.0278. The number of hydrogen-bond donors (Lipinski definition) is 2. The first-order chi connectivity index (χ1) is 7.95. The Balaban J connectivity index is 2.84. The van der Waals surface area contributed by atoms with E-state index in [1.54, 1.807) is 25.3 Å². The molecule has 0 spiro atoms. The molecule has 1 amide bonds. The number of carbonyl (C=O) groups excluding carboxylic acids is 1. The fraction of sp³-hybridized carbons (Fsp3) is 0.462. The van der Waals surface area contributed by atoms with Crippen LogP contribution in [0.4, 0.5) is 11.4 Å². The van der Waals surface area contributed by atoms with Crippen molar-refractivity contribution < 1.29 is 9.53 Å². The molecule has 94 valence electrons. The SMILES string of the molecule is COc1ccc(N)c(NC(=O)C(C)C(C)C)c1. The Labute approximate surface area is 102 Å². The van der Waals surface area contributed by atoms with Crippen molar-refractivity contribution in [2.45, 2.75) is 20.8 Å². The van der Waals surface area contributed by atoms with Gasteiger partial charge in [0, 0.05) is 12.0 Å². The summed E-state index contributed by atoms with van der Waals surface area (Å²) in [6, 6.07) is 5.20. The van der Waals surface area contributed by atoms with E-state index < -0.39 is 0 Å². The van der Waals surface area contributed by atoms with Crippen LogP contribution in [0, 0.1) is 11.8 Å². The lowest BCUT2D eigenvalue weighted by molar-refractivity contribution is -0.120. The predicted octanol–water partition coefficient (Wildman–Crippen LogP) is 2.51. The van der Waals surface area contributed by atoms with E-state index in [4.69, 9.17) is 10.5 Å². The van der Waals surface area contributed by atoms with Gasteiger partial charge in [0.1, 0.15) is 5.75 Å². The number of nitrogen functional groups attached to an aromatic ring is 1. The van der Waals surface area contributed by atoms with Crippen LogP contribution in [0.3, 0.4) is 0 Å². The van der Waals surface area contributed by atoms with Crippen LogP contribution < -0.4 is 15.8 Å². The highest BCUT2D eigenvalue weighted by atomic mass is 16.5. The third kappa shape index (κ3) is 3.37. The Morgan fingerprint density at radius 1 is 1.35 bits per heavy atom. The molecule has 1 atom stereocenters. The van der Waals surface area contributed by atoms with Gasteiger partial charge >= 0.3 is 0 Å². The number of anilines is 2. The van der Waals surface area contributed by atoms with Gasteiger partial charge in [-0.05, 0) is 18.1 Å². The summed E-state index contributed by atoms with van der Waals surface area (Å²) < 4.78 is 5.09. The van der Waals surface area contributed by atoms with E-state index in [2.05, 4.69) is 5.32 Å². The highest BCUT2D eigenvalue weighted by Crippen LogP contribution is 2.25. The molecule has 0 radical (unpaired) electrons. The van der Waals surface area contributed by atoms with Crippen LogP contribution in [0.1, 0.15) is 20.8 Å². The number of ether oxygens (including phenoxy) is 1. The van der Waals surface area contributed by atoms with Gasteiger partial charge in [-0.2, -0.15) is 0 Å². The molecule has 0 aromatic heterocycles. The zero-order chi connectivity index (χ0) is 13.0. The highest BCUT2D eigenvalue weighted by Gasteiger charge is 2.17. The number of rotatable bonds is 4. The maximum Gasteiger partial charge on any atom is 0.227 e. The largest absolute Gasteiger partial charge is 0.497 e. The van der Waals surface area contributed by atoms with E-state index in [-0.39, 0.29) is 11.8 Å². The van der Waals surface area contributed by atoms with Crippen LogP contribution in [-0.2, 0) is 4.79 Å². The zero-order valence-corrected chi connectivity index (χ0v) is 10.8. The molecular formula is C13H20N2O2. The second-order valence-electron chi connectivity index (χ2n) is 4.48. The Hall–Kier alpha value is -1.71. The fourth-order valence-electron chi connectivity index (χ4n) is 1.32. The van der Waals surface area contributed by atoms with Gasteiger partial charge in [-0.15, -0.1) is 0 Å². The Morgan fingerprint density at radius 3 is 2.53 bits per heavy atom. The van der Waals surface area contributed by atoms with Crippen molar-refractivity contribution in [1.82, 2.24) is 0 Å². The molecule has 0 aliphatic rings. The van der Waals surface area contributed by atoms with E-state index in [1.807, 2.05) is 20.8 Å². The minimum atomic E-state index is -0.0550. The Morgan fingerprint density at radius 2 is 2.00 bits per heavy atom. The number of benzene rings is 1. The summed E-state index contributed by atoms with van der Waals surface area (Å²) >= 11 is 0. The van der Waals surface area contributed by atoms with E-state index in [0.717, 1.165) is 0 Å². The summed E-state index contributed by atoms with van der Waals surface area (Å²) in [5, 5.41) is 2.82. The molecule has 1 aromatic carbocycles. The van der Waals surface area contributed by atoms with Crippen LogP contribution in [0.5, 0.6) is 5.75 Å². The van der Waals surface area contributed by atoms with Crippen LogP contribution >= 0.6 is 0 Å². The highest BCUT2D eigenvalue weighted by molar-refractivity contribution is 5.95. The average molecular weight is 236 g/mol. The molecule has 0 fully saturated rings. The number of amides is 1. The van der Waals surface area contributed by atoms with Gasteiger partial charge in [-0.25, -0.2) is 0 Å². The topological polar surface area (TPSA) is 64.3 Å². The Bertz CT molecular complexity index is 402. The number of carbonyl (C=O) groups is 1. The van der Waals surface area contributed by atoms with Gasteiger partial charge in [0.15, 0.2) is 0 Å². The minimum Gasteiger partial charge on any atom is -0.497 e. The van der Waals surface area contributed by atoms with Gasteiger partial charge < -0.3 is 15.8 Å². The molecule has 17 heavy (non-hydrogen) atoms. The molecule has 0 aliphatic heterocycles. The summed E-state index contributed by atoms with van der Waals surface area (Å²) in [6.07, 6.45) is 0. The van der Waals surface area contributed by atoms with Gasteiger partial charge in [0.2, 0.25) is 5.91 Å². The van der Waals surface area contributed by atoms with Crippen LogP contribution in [0.15, 0.2) is 18.2 Å². The molecule has 1 rings (SSSR count). The van der Waals surface area contributed by atoms with E-state index >= 15 is 0 Å². The van der Waals surface area contributed by atoms with Crippen molar-refractivity contribution in [2.24, 2.45) is 11.8 Å². The van der Waals surface area contributed by atoms with Gasteiger partial charge in [-0.3, -0.25) is 4.79 Å². The molecule has 3 N–H and O–H groups in total. The zero-order valence-electron chi connectivity index (χ0n) is 10.8. The van der Waals surface area contributed by atoms with Crippen LogP contribution in [0.2, 0.25) is 0 Å². The molecule has 1 aromatic rings.